The number of benzene rings is 2. The zero-order chi connectivity index (χ0) is 21.4. The normalized spacial score (nSPS) is 19.7. The third-order valence-corrected chi connectivity index (χ3v) is 5.38. The van der Waals surface area contributed by atoms with Crippen molar-refractivity contribution in [1.29, 1.82) is 0 Å². The summed E-state index contributed by atoms with van der Waals surface area (Å²) in [6.07, 6.45) is 1.74. The van der Waals surface area contributed by atoms with Gasteiger partial charge >= 0.3 is 0 Å². The van der Waals surface area contributed by atoms with Crippen LogP contribution in [0.15, 0.2) is 48.5 Å². The molecule has 0 aliphatic carbocycles. The van der Waals surface area contributed by atoms with Crippen LogP contribution in [0.4, 0.5) is 4.39 Å². The van der Waals surface area contributed by atoms with Gasteiger partial charge in [0, 0.05) is 18.7 Å². The molecule has 2 aromatic carbocycles. The van der Waals surface area contributed by atoms with Gasteiger partial charge in [0.25, 0.3) is 0 Å². The van der Waals surface area contributed by atoms with Crippen LogP contribution in [0.25, 0.3) is 0 Å². The summed E-state index contributed by atoms with van der Waals surface area (Å²) >= 11 is 0. The summed E-state index contributed by atoms with van der Waals surface area (Å²) < 4.78 is 24.6. The summed E-state index contributed by atoms with van der Waals surface area (Å²) in [6, 6.07) is 13.7. The fraction of sp³-hybridized carbons (Fsp3) is 0.435. The zero-order valence-corrected chi connectivity index (χ0v) is 17.3. The van der Waals surface area contributed by atoms with E-state index in [1.165, 1.54) is 6.07 Å². The Hall–Kier alpha value is -2.64. The Morgan fingerprint density at radius 2 is 1.87 bits per heavy atom. The summed E-state index contributed by atoms with van der Waals surface area (Å²) in [5.74, 6) is 0.368. The van der Waals surface area contributed by atoms with Crippen molar-refractivity contribution in [2.24, 2.45) is 0 Å². The van der Waals surface area contributed by atoms with Crippen molar-refractivity contribution >= 4 is 5.91 Å². The number of ether oxygens (including phenoxy) is 2. The Bertz CT molecular complexity index is 847. The lowest BCUT2D eigenvalue weighted by atomic mass is 9.96. The number of nitrogens with one attached hydrogen (secondary N) is 1. The van der Waals surface area contributed by atoms with Crippen LogP contribution < -0.4 is 14.8 Å². The Morgan fingerprint density at radius 3 is 2.63 bits per heavy atom. The number of halogens is 1. The van der Waals surface area contributed by atoms with Gasteiger partial charge in [-0.25, -0.2) is 4.39 Å². The van der Waals surface area contributed by atoms with Crippen LogP contribution in [0.3, 0.4) is 0 Å². The molecule has 1 aliphatic rings. The molecule has 1 heterocycles. The van der Waals surface area contributed by atoms with Crippen molar-refractivity contribution in [3.05, 3.63) is 59.9 Å². The van der Waals surface area contributed by atoms with Crippen LogP contribution in [0.5, 0.6) is 11.5 Å². The van der Waals surface area contributed by atoms with E-state index in [1.807, 2.05) is 29.2 Å². The molecule has 1 amide bonds. The van der Waals surface area contributed by atoms with Crippen molar-refractivity contribution in [2.75, 3.05) is 33.4 Å². The molecule has 0 saturated carbocycles. The highest BCUT2D eigenvalue weighted by Gasteiger charge is 2.31. The largest absolute Gasteiger partial charge is 0.496 e. The number of hydrogen-bond acceptors (Lipinski definition) is 5. The first-order chi connectivity index (χ1) is 14.5. The number of nitrogens with zero attached hydrogens (tertiary/aromatic N) is 1. The molecule has 1 atom stereocenters. The molecule has 2 aromatic rings. The van der Waals surface area contributed by atoms with Crippen molar-refractivity contribution in [1.82, 2.24) is 10.2 Å². The second kappa shape index (κ2) is 10.4. The summed E-state index contributed by atoms with van der Waals surface area (Å²) in [5.41, 5.74) is -0.117. The smallest absolute Gasteiger partial charge is 0.234 e. The van der Waals surface area contributed by atoms with Gasteiger partial charge in [-0.15, -0.1) is 0 Å². The Balaban J connectivity index is 1.46. The molecule has 3 rings (SSSR count). The van der Waals surface area contributed by atoms with E-state index in [1.54, 1.807) is 25.3 Å². The number of likely N-dealkylation sites (tertiary alicyclic amines) is 1. The Kier molecular flexibility index (Phi) is 7.65. The molecule has 1 fully saturated rings. The van der Waals surface area contributed by atoms with Crippen LogP contribution >= 0.6 is 0 Å². The molecule has 0 aromatic heterocycles. The van der Waals surface area contributed by atoms with Crippen LogP contribution in [0.2, 0.25) is 0 Å². The van der Waals surface area contributed by atoms with Gasteiger partial charge in [0.1, 0.15) is 12.4 Å². The van der Waals surface area contributed by atoms with Crippen LogP contribution in [-0.4, -0.2) is 54.9 Å². The highest BCUT2D eigenvalue weighted by atomic mass is 19.1. The SMILES string of the molecule is COc1ccccc1CNC(=O)CN1CCC[C@@](O)(COc2ccccc2F)CC1. The number of carbonyl (C=O) groups is 1. The molecule has 0 unspecified atom stereocenters. The quantitative estimate of drug-likeness (QED) is 0.693. The lowest BCUT2D eigenvalue weighted by Gasteiger charge is -2.27. The van der Waals surface area contributed by atoms with Gasteiger partial charge in [-0.3, -0.25) is 9.69 Å². The number of carbonyl (C=O) groups excluding carboxylic acids is 1. The molecule has 2 N–H and O–H groups in total. The van der Waals surface area contributed by atoms with Crippen molar-refractivity contribution in [3.63, 3.8) is 0 Å². The molecule has 6 nitrogen and oxygen atoms in total. The summed E-state index contributed by atoms with van der Waals surface area (Å²) in [6.45, 7) is 1.97. The van der Waals surface area contributed by atoms with Crippen molar-refractivity contribution in [2.45, 2.75) is 31.4 Å². The van der Waals surface area contributed by atoms with Crippen LogP contribution in [0.1, 0.15) is 24.8 Å². The maximum atomic E-state index is 13.7. The van der Waals surface area contributed by atoms with E-state index in [0.717, 1.165) is 17.7 Å². The molecule has 1 saturated heterocycles. The predicted molar refractivity (Wildman–Crippen MR) is 112 cm³/mol. The molecule has 0 bridgehead atoms. The van der Waals surface area contributed by atoms with Crippen molar-refractivity contribution in [3.8, 4) is 11.5 Å². The van der Waals surface area contributed by atoms with Gasteiger partial charge in [-0.05, 0) is 44.0 Å². The minimum atomic E-state index is -1.04. The van der Waals surface area contributed by atoms with Crippen molar-refractivity contribution < 1.29 is 23.8 Å². The first-order valence-corrected chi connectivity index (χ1v) is 10.2. The number of para-hydroxylation sites is 2. The molecule has 1 aliphatic heterocycles. The summed E-state index contributed by atoms with van der Waals surface area (Å²) in [5, 5.41) is 13.8. The summed E-state index contributed by atoms with van der Waals surface area (Å²) in [4.78, 5) is 14.4. The van der Waals surface area contributed by atoms with Gasteiger partial charge < -0.3 is 19.9 Å². The molecule has 0 spiro atoms. The van der Waals surface area contributed by atoms with E-state index in [0.29, 0.717) is 32.5 Å². The second-order valence-corrected chi connectivity index (χ2v) is 7.66. The highest BCUT2D eigenvalue weighted by molar-refractivity contribution is 5.78. The molecule has 7 heteroatoms. The number of aliphatic hydroxyl groups is 1. The zero-order valence-electron chi connectivity index (χ0n) is 17.3. The lowest BCUT2D eigenvalue weighted by molar-refractivity contribution is -0.122. The number of hydrogen-bond donors (Lipinski definition) is 2. The van der Waals surface area contributed by atoms with Gasteiger partial charge in [-0.1, -0.05) is 30.3 Å². The standard InChI is InChI=1S/C23H29FN2O4/c1-29-20-9-4-2-7-18(20)15-25-22(27)16-26-13-6-11-23(28,12-14-26)17-30-21-10-5-3-8-19(21)24/h2-5,7-10,28H,6,11-17H2,1H3,(H,25,27)/t23-/m0/s1. The molecular weight excluding hydrogens is 387 g/mol. The van der Waals surface area contributed by atoms with E-state index >= 15 is 0 Å². The highest BCUT2D eigenvalue weighted by Crippen LogP contribution is 2.25. The van der Waals surface area contributed by atoms with Crippen LogP contribution in [-0.2, 0) is 11.3 Å². The second-order valence-electron chi connectivity index (χ2n) is 7.66. The van der Waals surface area contributed by atoms with Gasteiger partial charge in [0.15, 0.2) is 11.6 Å². The Morgan fingerprint density at radius 1 is 1.13 bits per heavy atom. The Labute approximate surface area is 176 Å². The predicted octanol–water partition coefficient (Wildman–Crippen LogP) is 2.75. The topological polar surface area (TPSA) is 71.0 Å². The fourth-order valence-corrected chi connectivity index (χ4v) is 3.61. The van der Waals surface area contributed by atoms with Gasteiger partial charge in [0.05, 0.1) is 19.3 Å². The molecule has 30 heavy (non-hydrogen) atoms. The average Bonchev–Trinajstić information content (AvgIpc) is 2.93. The fourth-order valence-electron chi connectivity index (χ4n) is 3.61. The number of amides is 1. The van der Waals surface area contributed by atoms with Gasteiger partial charge in [-0.2, -0.15) is 0 Å². The van der Waals surface area contributed by atoms with Crippen LogP contribution in [0, 0.1) is 5.82 Å². The van der Waals surface area contributed by atoms with E-state index in [4.69, 9.17) is 9.47 Å². The number of methoxy groups -OCH3 is 1. The first-order valence-electron chi connectivity index (χ1n) is 10.2. The third-order valence-electron chi connectivity index (χ3n) is 5.38. The average molecular weight is 416 g/mol. The van der Waals surface area contributed by atoms with E-state index in [-0.39, 0.29) is 24.8 Å². The van der Waals surface area contributed by atoms with Gasteiger partial charge in [0.2, 0.25) is 5.91 Å². The molecule has 162 valence electrons. The minimum absolute atomic E-state index is 0.0295. The maximum absolute atomic E-state index is 13.7. The minimum Gasteiger partial charge on any atom is -0.496 e. The monoisotopic (exact) mass is 416 g/mol. The van der Waals surface area contributed by atoms with E-state index in [2.05, 4.69) is 5.32 Å². The van der Waals surface area contributed by atoms with E-state index < -0.39 is 11.4 Å². The first kappa shape index (κ1) is 22.1. The lowest BCUT2D eigenvalue weighted by Crippen LogP contribution is -2.40. The maximum Gasteiger partial charge on any atom is 0.234 e. The van der Waals surface area contributed by atoms with E-state index in [9.17, 15) is 14.3 Å². The number of rotatable bonds is 8. The molecular formula is C23H29FN2O4. The third kappa shape index (κ3) is 6.18. The molecule has 0 radical (unpaired) electrons. The summed E-state index contributed by atoms with van der Waals surface area (Å²) in [7, 11) is 1.61.